The number of benzene rings is 1. The zero-order valence-electron chi connectivity index (χ0n) is 16.8. The summed E-state index contributed by atoms with van der Waals surface area (Å²) in [6.45, 7) is 7.89. The first-order valence-electron chi connectivity index (χ1n) is 9.62. The fourth-order valence-electron chi connectivity index (χ4n) is 3.44. The number of para-hydroxylation sites is 1. The first-order valence-corrected chi connectivity index (χ1v) is 9.62. The van der Waals surface area contributed by atoms with Crippen molar-refractivity contribution >= 4 is 11.6 Å². The SMILES string of the molecule is CN=C(NCCN(C)CCCOC)NCCN1c2ccccc2CC1C. The van der Waals surface area contributed by atoms with Gasteiger partial charge in [-0.05, 0) is 38.4 Å². The molecule has 0 saturated heterocycles. The van der Waals surface area contributed by atoms with Crippen LogP contribution in [0.3, 0.4) is 0 Å². The summed E-state index contributed by atoms with van der Waals surface area (Å²) in [7, 11) is 5.71. The molecule has 1 unspecified atom stereocenters. The summed E-state index contributed by atoms with van der Waals surface area (Å²) in [5.41, 5.74) is 2.83. The fourth-order valence-corrected chi connectivity index (χ4v) is 3.44. The maximum Gasteiger partial charge on any atom is 0.191 e. The Balaban J connectivity index is 1.66. The van der Waals surface area contributed by atoms with E-state index in [2.05, 4.69) is 63.7 Å². The van der Waals surface area contributed by atoms with Crippen molar-refractivity contribution in [1.82, 2.24) is 15.5 Å². The van der Waals surface area contributed by atoms with Gasteiger partial charge in [0, 0.05) is 65.2 Å². The summed E-state index contributed by atoms with van der Waals surface area (Å²) in [6, 6.07) is 9.28. The smallest absolute Gasteiger partial charge is 0.191 e. The average molecular weight is 362 g/mol. The third kappa shape index (κ3) is 6.18. The molecule has 146 valence electrons. The number of guanidine groups is 1. The normalized spacial score (nSPS) is 16.9. The van der Waals surface area contributed by atoms with Crippen LogP contribution in [0.1, 0.15) is 18.9 Å². The molecule has 2 rings (SSSR count). The third-order valence-electron chi connectivity index (χ3n) is 4.89. The number of methoxy groups -OCH3 is 1. The molecule has 1 aliphatic rings. The van der Waals surface area contributed by atoms with Gasteiger partial charge >= 0.3 is 0 Å². The monoisotopic (exact) mass is 361 g/mol. The summed E-state index contributed by atoms with van der Waals surface area (Å²) in [5, 5.41) is 6.83. The lowest BCUT2D eigenvalue weighted by atomic mass is 10.1. The first kappa shape index (κ1) is 20.5. The Kier molecular flexibility index (Phi) is 8.71. The lowest BCUT2D eigenvalue weighted by molar-refractivity contribution is 0.180. The maximum absolute atomic E-state index is 5.09. The van der Waals surface area contributed by atoms with Gasteiger partial charge in [-0.2, -0.15) is 0 Å². The maximum atomic E-state index is 5.09. The minimum atomic E-state index is 0.560. The second-order valence-corrected chi connectivity index (χ2v) is 6.95. The zero-order chi connectivity index (χ0) is 18.8. The molecule has 1 aromatic rings. The van der Waals surface area contributed by atoms with Crippen LogP contribution in [-0.4, -0.2) is 77.4 Å². The number of aliphatic imine (C=N–C) groups is 1. The largest absolute Gasteiger partial charge is 0.385 e. The number of rotatable bonds is 10. The van der Waals surface area contributed by atoms with Crippen LogP contribution >= 0.6 is 0 Å². The van der Waals surface area contributed by atoms with Gasteiger partial charge < -0.3 is 25.2 Å². The molecule has 0 bridgehead atoms. The quantitative estimate of drug-likeness (QED) is 0.376. The number of hydrogen-bond donors (Lipinski definition) is 2. The van der Waals surface area contributed by atoms with E-state index in [0.717, 1.165) is 58.1 Å². The van der Waals surface area contributed by atoms with E-state index in [-0.39, 0.29) is 0 Å². The summed E-state index contributed by atoms with van der Waals surface area (Å²) in [6.07, 6.45) is 2.20. The van der Waals surface area contributed by atoms with Crippen LogP contribution in [0.5, 0.6) is 0 Å². The van der Waals surface area contributed by atoms with Crippen LogP contribution < -0.4 is 15.5 Å². The molecule has 1 aromatic carbocycles. The van der Waals surface area contributed by atoms with Crippen LogP contribution in [0.25, 0.3) is 0 Å². The molecular weight excluding hydrogens is 326 g/mol. The van der Waals surface area contributed by atoms with Crippen molar-refractivity contribution < 1.29 is 4.74 Å². The van der Waals surface area contributed by atoms with Crippen molar-refractivity contribution in [3.63, 3.8) is 0 Å². The van der Waals surface area contributed by atoms with Crippen LogP contribution in [0.2, 0.25) is 0 Å². The van der Waals surface area contributed by atoms with E-state index in [1.165, 1.54) is 11.3 Å². The lowest BCUT2D eigenvalue weighted by Gasteiger charge is -2.25. The van der Waals surface area contributed by atoms with E-state index in [9.17, 15) is 0 Å². The molecule has 26 heavy (non-hydrogen) atoms. The van der Waals surface area contributed by atoms with E-state index in [1.54, 1.807) is 7.11 Å². The van der Waals surface area contributed by atoms with Gasteiger partial charge in [0.1, 0.15) is 0 Å². The second-order valence-electron chi connectivity index (χ2n) is 6.95. The standard InChI is InChI=1S/C20H35N5O/c1-17-16-18-8-5-6-9-19(18)25(17)14-11-23-20(21-2)22-10-13-24(3)12-7-15-26-4/h5-6,8-9,17H,7,10-16H2,1-4H3,(H2,21,22,23). The molecule has 0 fully saturated rings. The Labute approximate surface area is 158 Å². The van der Waals surface area contributed by atoms with Gasteiger partial charge in [-0.15, -0.1) is 0 Å². The molecule has 6 heteroatoms. The molecule has 0 aliphatic carbocycles. The highest BCUT2D eigenvalue weighted by atomic mass is 16.5. The van der Waals surface area contributed by atoms with E-state index < -0.39 is 0 Å². The molecule has 0 radical (unpaired) electrons. The van der Waals surface area contributed by atoms with Crippen molar-refractivity contribution in [2.75, 3.05) is 65.4 Å². The number of hydrogen-bond acceptors (Lipinski definition) is 4. The Hall–Kier alpha value is -1.79. The molecule has 1 atom stereocenters. The first-order chi connectivity index (χ1) is 12.7. The summed E-state index contributed by atoms with van der Waals surface area (Å²) in [5.74, 6) is 0.871. The second kappa shape index (κ2) is 11.0. The molecule has 0 amide bonds. The van der Waals surface area contributed by atoms with Crippen LogP contribution in [0.15, 0.2) is 29.3 Å². The number of anilines is 1. The predicted octanol–water partition coefficient (Wildman–Crippen LogP) is 1.57. The molecular formula is C20H35N5O. The predicted molar refractivity (Wildman–Crippen MR) is 110 cm³/mol. The summed E-state index contributed by atoms with van der Waals surface area (Å²) >= 11 is 0. The van der Waals surface area contributed by atoms with Gasteiger partial charge in [0.15, 0.2) is 5.96 Å². The topological polar surface area (TPSA) is 52.1 Å². The highest BCUT2D eigenvalue weighted by Crippen LogP contribution is 2.31. The van der Waals surface area contributed by atoms with Gasteiger partial charge in [0.2, 0.25) is 0 Å². The molecule has 1 heterocycles. The number of ether oxygens (including phenoxy) is 1. The van der Waals surface area contributed by atoms with E-state index in [0.29, 0.717) is 6.04 Å². The Morgan fingerprint density at radius 1 is 1.27 bits per heavy atom. The molecule has 6 nitrogen and oxygen atoms in total. The van der Waals surface area contributed by atoms with E-state index >= 15 is 0 Å². The Bertz CT molecular complexity index is 563. The van der Waals surface area contributed by atoms with Gasteiger partial charge in [-0.3, -0.25) is 4.99 Å². The molecule has 2 N–H and O–H groups in total. The van der Waals surface area contributed by atoms with Crippen molar-refractivity contribution in [3.8, 4) is 0 Å². The molecule has 0 aromatic heterocycles. The van der Waals surface area contributed by atoms with Crippen LogP contribution in [-0.2, 0) is 11.2 Å². The van der Waals surface area contributed by atoms with Crippen molar-refractivity contribution in [2.45, 2.75) is 25.8 Å². The van der Waals surface area contributed by atoms with Crippen LogP contribution in [0, 0.1) is 0 Å². The molecule has 0 spiro atoms. The third-order valence-corrected chi connectivity index (χ3v) is 4.89. The van der Waals surface area contributed by atoms with E-state index in [1.807, 2.05) is 7.05 Å². The number of likely N-dealkylation sites (N-methyl/N-ethyl adjacent to an activating group) is 1. The van der Waals surface area contributed by atoms with Crippen molar-refractivity contribution in [1.29, 1.82) is 0 Å². The van der Waals surface area contributed by atoms with Crippen molar-refractivity contribution in [2.24, 2.45) is 4.99 Å². The van der Waals surface area contributed by atoms with Crippen molar-refractivity contribution in [3.05, 3.63) is 29.8 Å². The minimum Gasteiger partial charge on any atom is -0.385 e. The minimum absolute atomic E-state index is 0.560. The van der Waals surface area contributed by atoms with E-state index in [4.69, 9.17) is 4.74 Å². The van der Waals surface area contributed by atoms with Gasteiger partial charge in [-0.1, -0.05) is 18.2 Å². The Morgan fingerprint density at radius 3 is 2.81 bits per heavy atom. The Morgan fingerprint density at radius 2 is 2.04 bits per heavy atom. The highest BCUT2D eigenvalue weighted by molar-refractivity contribution is 5.79. The number of fused-ring (bicyclic) bond motifs is 1. The van der Waals surface area contributed by atoms with Gasteiger partial charge in [-0.25, -0.2) is 0 Å². The molecule has 1 aliphatic heterocycles. The van der Waals surface area contributed by atoms with Crippen LogP contribution in [0.4, 0.5) is 5.69 Å². The average Bonchev–Trinajstić information content (AvgIpc) is 2.96. The summed E-state index contributed by atoms with van der Waals surface area (Å²) < 4.78 is 5.09. The number of nitrogens with one attached hydrogen (secondary N) is 2. The lowest BCUT2D eigenvalue weighted by Crippen LogP contribution is -2.44. The summed E-state index contributed by atoms with van der Waals surface area (Å²) in [4.78, 5) is 9.12. The van der Waals surface area contributed by atoms with Gasteiger partial charge in [0.05, 0.1) is 0 Å². The molecule has 0 saturated carbocycles. The fraction of sp³-hybridized carbons (Fsp3) is 0.650. The zero-order valence-corrected chi connectivity index (χ0v) is 16.8. The highest BCUT2D eigenvalue weighted by Gasteiger charge is 2.24. The number of nitrogens with zero attached hydrogens (tertiary/aromatic N) is 3. The van der Waals surface area contributed by atoms with Gasteiger partial charge in [0.25, 0.3) is 0 Å².